The van der Waals surface area contributed by atoms with Crippen molar-refractivity contribution in [3.05, 3.63) is 57.0 Å². The highest BCUT2D eigenvalue weighted by Gasteiger charge is 2.03. The minimum Gasteiger partial charge on any atom is -0.380 e. The molecule has 18 heavy (non-hydrogen) atoms. The summed E-state index contributed by atoms with van der Waals surface area (Å²) in [6.45, 7) is 2.40. The number of pyridine rings is 1. The largest absolute Gasteiger partial charge is 0.380 e. The lowest BCUT2D eigenvalue weighted by Crippen LogP contribution is -2.01. The van der Waals surface area contributed by atoms with Gasteiger partial charge in [-0.15, -0.1) is 0 Å². The van der Waals surface area contributed by atoms with Crippen molar-refractivity contribution in [3.8, 4) is 0 Å². The van der Waals surface area contributed by atoms with Gasteiger partial charge in [-0.3, -0.25) is 0 Å². The van der Waals surface area contributed by atoms with Crippen molar-refractivity contribution in [3.63, 3.8) is 0 Å². The van der Waals surface area contributed by atoms with E-state index in [9.17, 15) is 4.39 Å². The molecule has 0 aliphatic heterocycles. The normalized spacial score (nSPS) is 10.4. The summed E-state index contributed by atoms with van der Waals surface area (Å²) in [5.74, 6) is -0.250. The van der Waals surface area contributed by atoms with E-state index in [-0.39, 0.29) is 5.82 Å². The average Bonchev–Trinajstić information content (AvgIpc) is 2.34. The summed E-state index contributed by atoms with van der Waals surface area (Å²) in [4.78, 5) is 4.05. The standard InChI is InChI=1S/C13H11BrClFN2/c1-8-4-11(7-18-13(8)15)17-6-9-5-10(16)2-3-12(9)14/h2-5,7,17H,6H2,1H3. The molecular formula is C13H11BrClFN2. The van der Waals surface area contributed by atoms with Gasteiger partial charge in [0.2, 0.25) is 0 Å². The number of nitrogens with one attached hydrogen (secondary N) is 1. The summed E-state index contributed by atoms with van der Waals surface area (Å²) in [6, 6.07) is 6.51. The quantitative estimate of drug-likeness (QED) is 0.835. The summed E-state index contributed by atoms with van der Waals surface area (Å²) >= 11 is 9.23. The van der Waals surface area contributed by atoms with E-state index >= 15 is 0 Å². The van der Waals surface area contributed by atoms with Crippen molar-refractivity contribution in [1.29, 1.82) is 0 Å². The zero-order valence-electron chi connectivity index (χ0n) is 9.67. The first-order valence-electron chi connectivity index (χ1n) is 5.36. The summed E-state index contributed by atoms with van der Waals surface area (Å²) in [5.41, 5.74) is 2.61. The number of hydrogen-bond acceptors (Lipinski definition) is 2. The van der Waals surface area contributed by atoms with Crippen LogP contribution in [-0.2, 0) is 6.54 Å². The van der Waals surface area contributed by atoms with E-state index in [1.165, 1.54) is 12.1 Å². The lowest BCUT2D eigenvalue weighted by Gasteiger charge is -2.09. The van der Waals surface area contributed by atoms with E-state index < -0.39 is 0 Å². The van der Waals surface area contributed by atoms with Crippen LogP contribution >= 0.6 is 27.5 Å². The van der Waals surface area contributed by atoms with Crippen LogP contribution in [-0.4, -0.2) is 4.98 Å². The van der Waals surface area contributed by atoms with Crippen molar-refractivity contribution < 1.29 is 4.39 Å². The van der Waals surface area contributed by atoms with Gasteiger partial charge in [0.1, 0.15) is 11.0 Å². The third-order valence-electron chi connectivity index (χ3n) is 2.51. The van der Waals surface area contributed by atoms with E-state index in [1.54, 1.807) is 12.3 Å². The first kappa shape index (κ1) is 13.3. The van der Waals surface area contributed by atoms with Gasteiger partial charge in [0.15, 0.2) is 0 Å². The number of halogens is 3. The molecule has 5 heteroatoms. The zero-order chi connectivity index (χ0) is 13.1. The van der Waals surface area contributed by atoms with Crippen LogP contribution in [0.25, 0.3) is 0 Å². The summed E-state index contributed by atoms with van der Waals surface area (Å²) in [5, 5.41) is 3.67. The van der Waals surface area contributed by atoms with Crippen LogP contribution < -0.4 is 5.32 Å². The molecule has 2 rings (SSSR count). The lowest BCUT2D eigenvalue weighted by molar-refractivity contribution is 0.625. The van der Waals surface area contributed by atoms with Crippen molar-refractivity contribution in [2.24, 2.45) is 0 Å². The molecule has 2 aromatic rings. The van der Waals surface area contributed by atoms with Gasteiger partial charge in [0.25, 0.3) is 0 Å². The highest BCUT2D eigenvalue weighted by atomic mass is 79.9. The summed E-state index contributed by atoms with van der Waals surface area (Å²) in [7, 11) is 0. The Morgan fingerprint density at radius 1 is 1.39 bits per heavy atom. The van der Waals surface area contributed by atoms with Crippen LogP contribution in [0, 0.1) is 12.7 Å². The Labute approximate surface area is 118 Å². The summed E-state index contributed by atoms with van der Waals surface area (Å²) < 4.78 is 14.0. The average molecular weight is 330 g/mol. The van der Waals surface area contributed by atoms with Crippen LogP contribution in [0.1, 0.15) is 11.1 Å². The van der Waals surface area contributed by atoms with Gasteiger partial charge < -0.3 is 5.32 Å². The molecule has 1 aromatic heterocycles. The second-order valence-electron chi connectivity index (χ2n) is 3.92. The zero-order valence-corrected chi connectivity index (χ0v) is 12.0. The monoisotopic (exact) mass is 328 g/mol. The molecule has 1 heterocycles. The smallest absolute Gasteiger partial charge is 0.132 e. The molecule has 0 saturated heterocycles. The molecule has 1 aromatic carbocycles. The molecular weight excluding hydrogens is 319 g/mol. The van der Waals surface area contributed by atoms with E-state index in [0.717, 1.165) is 21.3 Å². The van der Waals surface area contributed by atoms with E-state index in [2.05, 4.69) is 26.2 Å². The molecule has 0 aliphatic rings. The highest BCUT2D eigenvalue weighted by Crippen LogP contribution is 2.20. The summed E-state index contributed by atoms with van der Waals surface area (Å²) in [6.07, 6.45) is 1.66. The van der Waals surface area contributed by atoms with Crippen LogP contribution in [0.3, 0.4) is 0 Å². The van der Waals surface area contributed by atoms with Crippen molar-refractivity contribution in [2.45, 2.75) is 13.5 Å². The van der Waals surface area contributed by atoms with Gasteiger partial charge in [-0.05, 0) is 42.3 Å². The number of benzene rings is 1. The molecule has 0 radical (unpaired) electrons. The second kappa shape index (κ2) is 5.67. The van der Waals surface area contributed by atoms with Crippen molar-refractivity contribution >= 4 is 33.2 Å². The molecule has 0 atom stereocenters. The number of nitrogens with zero attached hydrogens (tertiary/aromatic N) is 1. The van der Waals surface area contributed by atoms with E-state index in [0.29, 0.717) is 11.7 Å². The van der Waals surface area contributed by atoms with Gasteiger partial charge in [0.05, 0.1) is 11.9 Å². The Balaban J connectivity index is 2.11. The molecule has 0 saturated carbocycles. The number of rotatable bonds is 3. The molecule has 0 spiro atoms. The number of hydrogen-bond donors (Lipinski definition) is 1. The van der Waals surface area contributed by atoms with Gasteiger partial charge in [-0.1, -0.05) is 27.5 Å². The van der Waals surface area contributed by atoms with Gasteiger partial charge >= 0.3 is 0 Å². The maximum absolute atomic E-state index is 13.1. The Hall–Kier alpha value is -1.13. The predicted octanol–water partition coefficient (Wildman–Crippen LogP) is 4.56. The fourth-order valence-electron chi connectivity index (χ4n) is 1.53. The predicted molar refractivity (Wildman–Crippen MR) is 75.4 cm³/mol. The van der Waals surface area contributed by atoms with Crippen LogP contribution in [0.4, 0.5) is 10.1 Å². The van der Waals surface area contributed by atoms with E-state index in [1.807, 2.05) is 13.0 Å². The molecule has 0 bridgehead atoms. The maximum Gasteiger partial charge on any atom is 0.132 e. The highest BCUT2D eigenvalue weighted by molar-refractivity contribution is 9.10. The maximum atomic E-state index is 13.1. The Kier molecular flexibility index (Phi) is 4.19. The Morgan fingerprint density at radius 2 is 2.17 bits per heavy atom. The first-order valence-corrected chi connectivity index (χ1v) is 6.53. The van der Waals surface area contributed by atoms with Crippen LogP contribution in [0.5, 0.6) is 0 Å². The molecule has 0 unspecified atom stereocenters. The third-order valence-corrected chi connectivity index (χ3v) is 3.67. The molecule has 1 N–H and O–H groups in total. The Bertz CT molecular complexity index is 575. The molecule has 2 nitrogen and oxygen atoms in total. The second-order valence-corrected chi connectivity index (χ2v) is 5.13. The van der Waals surface area contributed by atoms with Gasteiger partial charge in [-0.2, -0.15) is 0 Å². The topological polar surface area (TPSA) is 24.9 Å². The van der Waals surface area contributed by atoms with Gasteiger partial charge in [0, 0.05) is 11.0 Å². The molecule has 0 amide bonds. The first-order chi connectivity index (χ1) is 8.56. The fourth-order valence-corrected chi connectivity index (χ4v) is 2.02. The fraction of sp³-hybridized carbons (Fsp3) is 0.154. The van der Waals surface area contributed by atoms with E-state index in [4.69, 9.17) is 11.6 Å². The number of anilines is 1. The van der Waals surface area contributed by atoms with Crippen molar-refractivity contribution in [1.82, 2.24) is 4.98 Å². The van der Waals surface area contributed by atoms with Crippen LogP contribution in [0.15, 0.2) is 34.9 Å². The van der Waals surface area contributed by atoms with Crippen LogP contribution in [0.2, 0.25) is 5.15 Å². The molecule has 0 aliphatic carbocycles. The van der Waals surface area contributed by atoms with Crippen molar-refractivity contribution in [2.75, 3.05) is 5.32 Å². The number of aryl methyl sites for hydroxylation is 1. The molecule has 94 valence electrons. The minimum absolute atomic E-state index is 0.250. The minimum atomic E-state index is -0.250. The van der Waals surface area contributed by atoms with Gasteiger partial charge in [-0.25, -0.2) is 9.37 Å². The molecule has 0 fully saturated rings. The Morgan fingerprint density at radius 3 is 2.89 bits per heavy atom. The SMILES string of the molecule is Cc1cc(NCc2cc(F)ccc2Br)cnc1Cl. The number of aromatic nitrogens is 1. The third kappa shape index (κ3) is 3.21. The lowest BCUT2D eigenvalue weighted by atomic mass is 10.2.